The molecule has 0 saturated heterocycles. The molecule has 3 rings (SSSR count). The molecule has 0 atom stereocenters. The van der Waals surface area contributed by atoms with Crippen molar-refractivity contribution in [1.82, 2.24) is 9.47 Å². The molecule has 0 radical (unpaired) electrons. The number of nitrogens with zero attached hydrogens (tertiary/aromatic N) is 2. The second kappa shape index (κ2) is 5.13. The Morgan fingerprint density at radius 2 is 1.86 bits per heavy atom. The van der Waals surface area contributed by atoms with Gasteiger partial charge in [-0.1, -0.05) is 0 Å². The van der Waals surface area contributed by atoms with Crippen LogP contribution in [-0.2, 0) is 24.9 Å². The van der Waals surface area contributed by atoms with Gasteiger partial charge in [0.2, 0.25) is 0 Å². The number of aromatic nitrogens is 1. The van der Waals surface area contributed by atoms with Gasteiger partial charge in [0, 0.05) is 42.8 Å². The highest BCUT2D eigenvalue weighted by Gasteiger charge is 2.29. The average Bonchev–Trinajstić information content (AvgIpc) is 2.98. The van der Waals surface area contributed by atoms with Crippen LogP contribution in [0.15, 0.2) is 18.3 Å². The number of carbonyl (C=O) groups is 1. The minimum Gasteiger partial charge on any atom is -0.462 e. The highest BCUT2D eigenvalue weighted by molar-refractivity contribution is 6.04. The quantitative estimate of drug-likeness (QED) is 0.797. The highest BCUT2D eigenvalue weighted by Crippen LogP contribution is 2.33. The van der Waals surface area contributed by atoms with Crippen molar-refractivity contribution in [2.24, 2.45) is 7.05 Å². The average molecular weight is 300 g/mol. The van der Waals surface area contributed by atoms with Gasteiger partial charge in [0.05, 0.1) is 12.2 Å². The van der Waals surface area contributed by atoms with Crippen LogP contribution in [0.4, 0.5) is 0 Å². The summed E-state index contributed by atoms with van der Waals surface area (Å²) >= 11 is 0. The van der Waals surface area contributed by atoms with E-state index in [-0.39, 0.29) is 11.5 Å². The van der Waals surface area contributed by atoms with Gasteiger partial charge >= 0.3 is 5.97 Å². The molecule has 4 heteroatoms. The molecule has 0 saturated carbocycles. The molecule has 0 fully saturated rings. The monoisotopic (exact) mass is 300 g/mol. The van der Waals surface area contributed by atoms with Crippen molar-refractivity contribution in [2.45, 2.75) is 46.3 Å². The highest BCUT2D eigenvalue weighted by atomic mass is 16.5. The second-order valence-corrected chi connectivity index (χ2v) is 7.04. The van der Waals surface area contributed by atoms with Gasteiger partial charge in [0.1, 0.15) is 0 Å². The topological polar surface area (TPSA) is 34.5 Å². The van der Waals surface area contributed by atoms with Crippen molar-refractivity contribution in [3.63, 3.8) is 0 Å². The Labute approximate surface area is 131 Å². The maximum atomic E-state index is 12.1. The van der Waals surface area contributed by atoms with Crippen molar-refractivity contribution in [3.05, 3.63) is 35.0 Å². The molecule has 1 aliphatic rings. The predicted molar refractivity (Wildman–Crippen MR) is 87.9 cm³/mol. The number of benzene rings is 1. The van der Waals surface area contributed by atoms with Crippen LogP contribution in [0.1, 0.15) is 49.2 Å². The van der Waals surface area contributed by atoms with E-state index >= 15 is 0 Å². The molecule has 22 heavy (non-hydrogen) atoms. The Morgan fingerprint density at radius 1 is 1.23 bits per heavy atom. The number of esters is 1. The van der Waals surface area contributed by atoms with Crippen LogP contribution < -0.4 is 0 Å². The number of rotatable bonds is 2. The third kappa shape index (κ3) is 2.41. The normalized spacial score (nSPS) is 15.3. The zero-order valence-corrected chi connectivity index (χ0v) is 14.1. The molecular weight excluding hydrogens is 276 g/mol. The summed E-state index contributed by atoms with van der Waals surface area (Å²) in [5.41, 5.74) is 4.59. The van der Waals surface area contributed by atoms with Crippen LogP contribution in [0.5, 0.6) is 0 Å². The van der Waals surface area contributed by atoms with Crippen LogP contribution in [0.25, 0.3) is 10.9 Å². The van der Waals surface area contributed by atoms with Gasteiger partial charge in [-0.3, -0.25) is 4.90 Å². The zero-order chi connectivity index (χ0) is 16.1. The second-order valence-electron chi connectivity index (χ2n) is 7.04. The number of carbonyl (C=O) groups excluding carboxylic acids is 1. The van der Waals surface area contributed by atoms with E-state index in [1.807, 2.05) is 24.7 Å². The first-order valence-electron chi connectivity index (χ1n) is 7.84. The van der Waals surface area contributed by atoms with Crippen molar-refractivity contribution < 1.29 is 9.53 Å². The molecule has 1 aromatic heterocycles. The zero-order valence-electron chi connectivity index (χ0n) is 14.1. The van der Waals surface area contributed by atoms with Crippen molar-refractivity contribution in [3.8, 4) is 0 Å². The number of fused-ring (bicyclic) bond motifs is 2. The van der Waals surface area contributed by atoms with Gasteiger partial charge in [-0.2, -0.15) is 0 Å². The van der Waals surface area contributed by atoms with E-state index in [9.17, 15) is 4.79 Å². The van der Waals surface area contributed by atoms with Crippen LogP contribution in [0.2, 0.25) is 0 Å². The third-order valence-corrected chi connectivity index (χ3v) is 4.48. The summed E-state index contributed by atoms with van der Waals surface area (Å²) in [4.78, 5) is 14.6. The minimum atomic E-state index is -0.237. The van der Waals surface area contributed by atoms with E-state index in [1.54, 1.807) is 0 Å². The molecule has 0 unspecified atom stereocenters. The van der Waals surface area contributed by atoms with Crippen molar-refractivity contribution >= 4 is 16.9 Å². The smallest absolute Gasteiger partial charge is 0.340 e. The molecule has 0 spiro atoms. The number of aryl methyl sites for hydroxylation is 1. The fraction of sp³-hybridized carbons (Fsp3) is 0.500. The molecule has 1 aromatic carbocycles. The van der Waals surface area contributed by atoms with Crippen LogP contribution in [0, 0.1) is 0 Å². The molecule has 2 heterocycles. The summed E-state index contributed by atoms with van der Waals surface area (Å²) in [7, 11) is 1.98. The maximum Gasteiger partial charge on any atom is 0.340 e. The van der Waals surface area contributed by atoms with E-state index in [2.05, 4.69) is 37.8 Å². The van der Waals surface area contributed by atoms with Crippen molar-refractivity contribution in [1.29, 1.82) is 0 Å². The first-order chi connectivity index (χ1) is 10.3. The summed E-state index contributed by atoms with van der Waals surface area (Å²) < 4.78 is 7.20. The van der Waals surface area contributed by atoms with E-state index in [0.717, 1.165) is 24.0 Å². The molecule has 0 amide bonds. The first-order valence-corrected chi connectivity index (χ1v) is 7.84. The molecule has 1 aliphatic heterocycles. The predicted octanol–water partition coefficient (Wildman–Crippen LogP) is 3.47. The van der Waals surface area contributed by atoms with Gasteiger partial charge in [-0.15, -0.1) is 0 Å². The lowest BCUT2D eigenvalue weighted by atomic mass is 10.1. The molecule has 0 aliphatic carbocycles. The van der Waals surface area contributed by atoms with Gasteiger partial charge in [0.15, 0.2) is 0 Å². The number of ether oxygens (including phenoxy) is 1. The van der Waals surface area contributed by atoms with Crippen LogP contribution in [0.3, 0.4) is 0 Å². The van der Waals surface area contributed by atoms with Gasteiger partial charge < -0.3 is 9.30 Å². The van der Waals surface area contributed by atoms with Crippen LogP contribution in [-0.4, -0.2) is 27.6 Å². The van der Waals surface area contributed by atoms with E-state index in [0.29, 0.717) is 12.2 Å². The summed E-state index contributed by atoms with van der Waals surface area (Å²) in [6.45, 7) is 10.9. The Hall–Kier alpha value is -1.81. The van der Waals surface area contributed by atoms with Gasteiger partial charge in [-0.25, -0.2) is 4.79 Å². The lowest BCUT2D eigenvalue weighted by Gasteiger charge is -2.31. The minimum absolute atomic E-state index is 0.148. The first kappa shape index (κ1) is 15.1. The Balaban J connectivity index is 2.06. The SMILES string of the molecule is CCOC(=O)c1cn(C)c2cc3c(cc12)CN(C(C)(C)C)C3. The maximum absolute atomic E-state index is 12.1. The van der Waals surface area contributed by atoms with E-state index in [4.69, 9.17) is 4.74 Å². The van der Waals surface area contributed by atoms with E-state index < -0.39 is 0 Å². The molecule has 0 bridgehead atoms. The lowest BCUT2D eigenvalue weighted by Crippen LogP contribution is -2.36. The lowest BCUT2D eigenvalue weighted by molar-refractivity contribution is 0.0528. The molecule has 0 N–H and O–H groups in total. The molecular formula is C18H24N2O2. The standard InChI is InChI=1S/C18H24N2O2/c1-6-22-17(21)15-11-19(5)16-8-13-10-20(18(2,3)4)9-12(13)7-14(15)16/h7-8,11H,6,9-10H2,1-5H3. The van der Waals surface area contributed by atoms with Crippen molar-refractivity contribution in [2.75, 3.05) is 6.61 Å². The fourth-order valence-electron chi connectivity index (χ4n) is 3.12. The summed E-state index contributed by atoms with van der Waals surface area (Å²) in [6, 6.07) is 4.39. The Morgan fingerprint density at radius 3 is 2.45 bits per heavy atom. The third-order valence-electron chi connectivity index (χ3n) is 4.48. The Kier molecular flexibility index (Phi) is 3.52. The summed E-state index contributed by atoms with van der Waals surface area (Å²) in [5.74, 6) is -0.237. The number of hydrogen-bond acceptors (Lipinski definition) is 3. The largest absolute Gasteiger partial charge is 0.462 e. The fourth-order valence-corrected chi connectivity index (χ4v) is 3.12. The summed E-state index contributed by atoms with van der Waals surface area (Å²) in [6.07, 6.45) is 1.87. The van der Waals surface area contributed by atoms with Crippen LogP contribution >= 0.6 is 0 Å². The number of hydrogen-bond donors (Lipinski definition) is 0. The van der Waals surface area contributed by atoms with Gasteiger partial charge in [0.25, 0.3) is 0 Å². The molecule has 2 aromatic rings. The summed E-state index contributed by atoms with van der Waals surface area (Å²) in [5, 5.41) is 0.996. The van der Waals surface area contributed by atoms with E-state index in [1.165, 1.54) is 11.1 Å². The van der Waals surface area contributed by atoms with Gasteiger partial charge in [-0.05, 0) is 51.0 Å². The Bertz CT molecular complexity index is 738. The molecule has 4 nitrogen and oxygen atoms in total. The molecule has 118 valence electrons.